The van der Waals surface area contributed by atoms with E-state index >= 15 is 0 Å². The number of rotatable bonds is 6. The van der Waals surface area contributed by atoms with Gasteiger partial charge in [0, 0.05) is 6.54 Å². The third-order valence-corrected chi connectivity index (χ3v) is 2.57. The van der Waals surface area contributed by atoms with Crippen molar-refractivity contribution >= 4 is 12.2 Å². The van der Waals surface area contributed by atoms with E-state index in [1.165, 1.54) is 12.1 Å². The Balaban J connectivity index is 2.31. The standard InChI is InChI=1S/C17H22F3NO3/c1-16(2,3)24-15(22)21-11-5-4-6-13-7-9-14(10-8-13)23-12-17(18,19)20/h4,6-10H,5,11-12H2,1-3H3,(H,21,22). The van der Waals surface area contributed by atoms with Crippen LogP contribution in [-0.2, 0) is 4.74 Å². The number of benzene rings is 1. The van der Waals surface area contributed by atoms with Gasteiger partial charge in [0.15, 0.2) is 6.61 Å². The summed E-state index contributed by atoms with van der Waals surface area (Å²) in [5.41, 5.74) is 0.294. The van der Waals surface area contributed by atoms with E-state index in [4.69, 9.17) is 4.74 Å². The summed E-state index contributed by atoms with van der Waals surface area (Å²) in [5.74, 6) is 0.163. The Morgan fingerprint density at radius 2 is 1.79 bits per heavy atom. The molecule has 0 radical (unpaired) electrons. The molecule has 0 spiro atoms. The number of hydrogen-bond donors (Lipinski definition) is 1. The van der Waals surface area contributed by atoms with Crippen LogP contribution in [0, 0.1) is 0 Å². The molecule has 0 aliphatic heterocycles. The lowest BCUT2D eigenvalue weighted by atomic mass is 10.2. The molecule has 0 aliphatic carbocycles. The smallest absolute Gasteiger partial charge is 0.422 e. The summed E-state index contributed by atoms with van der Waals surface area (Å²) in [7, 11) is 0. The van der Waals surface area contributed by atoms with Gasteiger partial charge in [0.2, 0.25) is 0 Å². The molecule has 1 amide bonds. The van der Waals surface area contributed by atoms with Crippen molar-refractivity contribution in [1.82, 2.24) is 5.32 Å². The van der Waals surface area contributed by atoms with Crippen LogP contribution in [0.5, 0.6) is 5.75 Å². The van der Waals surface area contributed by atoms with E-state index < -0.39 is 24.5 Å². The number of hydrogen-bond acceptors (Lipinski definition) is 3. The van der Waals surface area contributed by atoms with E-state index in [2.05, 4.69) is 10.1 Å². The predicted molar refractivity (Wildman–Crippen MR) is 85.9 cm³/mol. The molecule has 134 valence electrons. The molecule has 0 aromatic heterocycles. The first-order valence-electron chi connectivity index (χ1n) is 7.48. The van der Waals surface area contributed by atoms with Gasteiger partial charge in [-0.3, -0.25) is 0 Å². The Labute approximate surface area is 139 Å². The fraction of sp³-hybridized carbons (Fsp3) is 0.471. The average molecular weight is 345 g/mol. The van der Waals surface area contributed by atoms with Crippen molar-refractivity contribution in [1.29, 1.82) is 0 Å². The molecule has 7 heteroatoms. The molecule has 0 aliphatic rings. The van der Waals surface area contributed by atoms with Crippen molar-refractivity contribution in [3.63, 3.8) is 0 Å². The molecule has 0 fully saturated rings. The Morgan fingerprint density at radius 3 is 2.33 bits per heavy atom. The first-order valence-corrected chi connectivity index (χ1v) is 7.48. The number of nitrogens with one attached hydrogen (secondary N) is 1. The zero-order valence-corrected chi connectivity index (χ0v) is 13.9. The third kappa shape index (κ3) is 9.76. The highest BCUT2D eigenvalue weighted by Crippen LogP contribution is 2.19. The highest BCUT2D eigenvalue weighted by molar-refractivity contribution is 5.67. The van der Waals surface area contributed by atoms with E-state index in [0.29, 0.717) is 13.0 Å². The molecule has 1 rings (SSSR count). The number of amides is 1. The first kappa shape index (κ1) is 19.9. The van der Waals surface area contributed by atoms with Gasteiger partial charge < -0.3 is 14.8 Å². The Kier molecular flexibility index (Phi) is 7.13. The van der Waals surface area contributed by atoms with Gasteiger partial charge in [0.05, 0.1) is 0 Å². The molecule has 0 atom stereocenters. The lowest BCUT2D eigenvalue weighted by Gasteiger charge is -2.19. The van der Waals surface area contributed by atoms with Crippen LogP contribution in [0.4, 0.5) is 18.0 Å². The Hall–Kier alpha value is -2.18. The molecule has 4 nitrogen and oxygen atoms in total. The third-order valence-electron chi connectivity index (χ3n) is 2.57. The molecule has 0 saturated carbocycles. The lowest BCUT2D eigenvalue weighted by molar-refractivity contribution is -0.153. The fourth-order valence-electron chi connectivity index (χ4n) is 1.63. The van der Waals surface area contributed by atoms with Gasteiger partial charge in [0.25, 0.3) is 0 Å². The largest absolute Gasteiger partial charge is 0.484 e. The topological polar surface area (TPSA) is 47.6 Å². The number of alkyl carbamates (subject to hydrolysis) is 1. The Morgan fingerprint density at radius 1 is 1.17 bits per heavy atom. The van der Waals surface area contributed by atoms with Crippen LogP contribution in [0.25, 0.3) is 6.08 Å². The first-order chi connectivity index (χ1) is 11.1. The van der Waals surface area contributed by atoms with Crippen molar-refractivity contribution in [2.45, 2.75) is 39.0 Å². The minimum Gasteiger partial charge on any atom is -0.484 e. The normalized spacial score (nSPS) is 12.2. The second-order valence-corrected chi connectivity index (χ2v) is 6.09. The molecule has 1 aromatic carbocycles. The summed E-state index contributed by atoms with van der Waals surface area (Å²) in [5, 5.41) is 2.63. The molecule has 0 saturated heterocycles. The second kappa shape index (κ2) is 8.61. The summed E-state index contributed by atoms with van der Waals surface area (Å²) < 4.78 is 45.8. The van der Waals surface area contributed by atoms with E-state index in [0.717, 1.165) is 5.56 Å². The lowest BCUT2D eigenvalue weighted by Crippen LogP contribution is -2.32. The quantitative estimate of drug-likeness (QED) is 0.769. The fourth-order valence-corrected chi connectivity index (χ4v) is 1.63. The molecule has 0 heterocycles. The number of carbonyl (C=O) groups is 1. The van der Waals surface area contributed by atoms with Crippen LogP contribution < -0.4 is 10.1 Å². The van der Waals surface area contributed by atoms with E-state index in [1.807, 2.05) is 12.2 Å². The van der Waals surface area contributed by atoms with E-state index in [9.17, 15) is 18.0 Å². The predicted octanol–water partition coefficient (Wildman–Crippen LogP) is 4.56. The van der Waals surface area contributed by atoms with Crippen LogP contribution in [0.3, 0.4) is 0 Å². The molecule has 1 N–H and O–H groups in total. The zero-order valence-electron chi connectivity index (χ0n) is 13.9. The van der Waals surface area contributed by atoms with Crippen LogP contribution in [0.15, 0.2) is 30.3 Å². The molecular weight excluding hydrogens is 323 g/mol. The molecule has 24 heavy (non-hydrogen) atoms. The van der Waals surface area contributed by atoms with Gasteiger partial charge >= 0.3 is 12.3 Å². The van der Waals surface area contributed by atoms with Crippen LogP contribution in [0.1, 0.15) is 32.8 Å². The summed E-state index contributed by atoms with van der Waals surface area (Å²) in [6, 6.07) is 6.27. The van der Waals surface area contributed by atoms with Gasteiger partial charge in [-0.25, -0.2) is 4.79 Å². The van der Waals surface area contributed by atoms with Crippen LogP contribution >= 0.6 is 0 Å². The minimum atomic E-state index is -4.35. The number of ether oxygens (including phenoxy) is 2. The molecule has 0 unspecified atom stereocenters. The maximum Gasteiger partial charge on any atom is 0.422 e. The molecule has 1 aromatic rings. The van der Waals surface area contributed by atoms with E-state index in [-0.39, 0.29) is 5.75 Å². The van der Waals surface area contributed by atoms with Crippen molar-refractivity contribution in [3.8, 4) is 5.75 Å². The summed E-state index contributed by atoms with van der Waals surface area (Å²) in [6.45, 7) is 4.48. The van der Waals surface area contributed by atoms with Crippen molar-refractivity contribution in [2.24, 2.45) is 0 Å². The Bertz CT molecular complexity index is 546. The minimum absolute atomic E-state index is 0.163. The highest BCUT2D eigenvalue weighted by atomic mass is 19.4. The number of carbonyl (C=O) groups excluding carboxylic acids is 1. The van der Waals surface area contributed by atoms with Gasteiger partial charge in [-0.15, -0.1) is 0 Å². The van der Waals surface area contributed by atoms with E-state index in [1.54, 1.807) is 32.9 Å². The second-order valence-electron chi connectivity index (χ2n) is 6.09. The van der Waals surface area contributed by atoms with Crippen LogP contribution in [0.2, 0.25) is 0 Å². The van der Waals surface area contributed by atoms with Gasteiger partial charge in [0.1, 0.15) is 11.4 Å². The number of alkyl halides is 3. The van der Waals surface area contributed by atoms with Crippen molar-refractivity contribution in [3.05, 3.63) is 35.9 Å². The monoisotopic (exact) mass is 345 g/mol. The average Bonchev–Trinajstić information content (AvgIpc) is 2.43. The van der Waals surface area contributed by atoms with Gasteiger partial charge in [-0.1, -0.05) is 24.3 Å². The summed E-state index contributed by atoms with van der Waals surface area (Å²) in [4.78, 5) is 11.4. The summed E-state index contributed by atoms with van der Waals surface area (Å²) >= 11 is 0. The van der Waals surface area contributed by atoms with Crippen molar-refractivity contribution < 1.29 is 27.4 Å². The summed E-state index contributed by atoms with van der Waals surface area (Å²) in [6.07, 6.45) is -0.555. The maximum atomic E-state index is 12.0. The van der Waals surface area contributed by atoms with Crippen molar-refractivity contribution in [2.75, 3.05) is 13.2 Å². The maximum absolute atomic E-state index is 12.0. The van der Waals surface area contributed by atoms with Gasteiger partial charge in [-0.2, -0.15) is 13.2 Å². The molecule has 0 bridgehead atoms. The molecular formula is C17H22F3NO3. The van der Waals surface area contributed by atoms with Crippen LogP contribution in [-0.4, -0.2) is 31.0 Å². The zero-order chi connectivity index (χ0) is 18.2. The SMILES string of the molecule is CC(C)(C)OC(=O)NCCC=Cc1ccc(OCC(F)(F)F)cc1. The number of halogens is 3. The van der Waals surface area contributed by atoms with Gasteiger partial charge in [-0.05, 0) is 44.9 Å². The highest BCUT2D eigenvalue weighted by Gasteiger charge is 2.28.